The quantitative estimate of drug-likeness (QED) is 0.431. The Balaban J connectivity index is 2.35. The molecule has 0 bridgehead atoms. The molecule has 1 aliphatic rings. The maximum absolute atomic E-state index is 12.2. The summed E-state index contributed by atoms with van der Waals surface area (Å²) < 4.78 is 5.46. The molecule has 0 aromatic heterocycles. The van der Waals surface area contributed by atoms with Gasteiger partial charge in [0, 0.05) is 6.54 Å². The lowest BCUT2D eigenvalue weighted by Gasteiger charge is -2.28. The van der Waals surface area contributed by atoms with Crippen LogP contribution in [0.15, 0.2) is 0 Å². The zero-order valence-corrected chi connectivity index (χ0v) is 11.9. The third kappa shape index (κ3) is 4.60. The van der Waals surface area contributed by atoms with Gasteiger partial charge in [-0.3, -0.25) is 4.79 Å². The Morgan fingerprint density at radius 3 is 2.33 bits per heavy atom. The Labute approximate surface area is 111 Å². The molecule has 0 aromatic rings. The van der Waals surface area contributed by atoms with Crippen LogP contribution in [0, 0.1) is 5.41 Å². The van der Waals surface area contributed by atoms with Crippen molar-refractivity contribution >= 4 is 5.97 Å². The van der Waals surface area contributed by atoms with Crippen LogP contribution in [0.25, 0.3) is 0 Å². The van der Waals surface area contributed by atoms with Crippen LogP contribution in [0.5, 0.6) is 0 Å². The van der Waals surface area contributed by atoms with Crippen molar-refractivity contribution in [1.29, 1.82) is 0 Å². The van der Waals surface area contributed by atoms with E-state index in [9.17, 15) is 4.79 Å². The van der Waals surface area contributed by atoms with Gasteiger partial charge in [0.2, 0.25) is 0 Å². The minimum Gasteiger partial charge on any atom is -0.465 e. The number of carbonyl (C=O) groups excluding carboxylic acids is 1. The van der Waals surface area contributed by atoms with Crippen LogP contribution in [-0.2, 0) is 9.53 Å². The molecule has 1 fully saturated rings. The lowest BCUT2D eigenvalue weighted by molar-refractivity contribution is -0.156. The third-order valence-electron chi connectivity index (χ3n) is 4.12. The maximum atomic E-state index is 12.2. The molecule has 0 radical (unpaired) electrons. The number of hydrogen-bond donors (Lipinski definition) is 1. The highest BCUT2D eigenvalue weighted by Gasteiger charge is 2.38. The molecule has 0 heterocycles. The molecule has 1 saturated carbocycles. The van der Waals surface area contributed by atoms with Crippen molar-refractivity contribution in [3.8, 4) is 0 Å². The molecule has 0 aromatic carbocycles. The van der Waals surface area contributed by atoms with Crippen LogP contribution in [-0.4, -0.2) is 19.1 Å². The van der Waals surface area contributed by atoms with Gasteiger partial charge in [0.1, 0.15) is 0 Å². The fourth-order valence-corrected chi connectivity index (χ4v) is 2.74. The van der Waals surface area contributed by atoms with Crippen LogP contribution < -0.4 is 5.73 Å². The molecular weight excluding hydrogens is 226 g/mol. The molecule has 3 nitrogen and oxygen atoms in total. The van der Waals surface area contributed by atoms with Crippen LogP contribution >= 0.6 is 0 Å². The summed E-state index contributed by atoms with van der Waals surface area (Å²) in [6.07, 6.45) is 11.1. The Morgan fingerprint density at radius 2 is 1.78 bits per heavy atom. The van der Waals surface area contributed by atoms with Crippen molar-refractivity contribution in [2.24, 2.45) is 11.1 Å². The number of unbranched alkanes of at least 4 members (excludes halogenated alkanes) is 3. The molecule has 0 aliphatic heterocycles. The SMILES string of the molecule is CCCCCCOC(=O)C1(CN)CCCCCC1. The van der Waals surface area contributed by atoms with E-state index < -0.39 is 0 Å². The van der Waals surface area contributed by atoms with Gasteiger partial charge in [-0.15, -0.1) is 0 Å². The first-order valence-corrected chi connectivity index (χ1v) is 7.62. The topological polar surface area (TPSA) is 52.3 Å². The Bertz CT molecular complexity index is 233. The van der Waals surface area contributed by atoms with Crippen molar-refractivity contribution in [2.75, 3.05) is 13.2 Å². The highest BCUT2D eigenvalue weighted by molar-refractivity contribution is 5.77. The first-order chi connectivity index (χ1) is 8.75. The maximum Gasteiger partial charge on any atom is 0.313 e. The molecule has 18 heavy (non-hydrogen) atoms. The number of hydrogen-bond acceptors (Lipinski definition) is 3. The van der Waals surface area contributed by atoms with Gasteiger partial charge >= 0.3 is 5.97 Å². The van der Waals surface area contributed by atoms with Crippen molar-refractivity contribution in [3.63, 3.8) is 0 Å². The number of nitrogens with two attached hydrogens (primary N) is 1. The number of esters is 1. The van der Waals surface area contributed by atoms with Crippen molar-refractivity contribution < 1.29 is 9.53 Å². The fourth-order valence-electron chi connectivity index (χ4n) is 2.74. The highest BCUT2D eigenvalue weighted by Crippen LogP contribution is 2.35. The van der Waals surface area contributed by atoms with Gasteiger partial charge < -0.3 is 10.5 Å². The molecule has 0 spiro atoms. The lowest BCUT2D eigenvalue weighted by Crippen LogP contribution is -2.39. The van der Waals surface area contributed by atoms with E-state index in [4.69, 9.17) is 10.5 Å². The first kappa shape index (κ1) is 15.5. The van der Waals surface area contributed by atoms with Crippen LogP contribution in [0.2, 0.25) is 0 Å². The van der Waals surface area contributed by atoms with Gasteiger partial charge in [-0.1, -0.05) is 51.9 Å². The number of carbonyl (C=O) groups is 1. The molecule has 106 valence electrons. The van der Waals surface area contributed by atoms with E-state index >= 15 is 0 Å². The summed E-state index contributed by atoms with van der Waals surface area (Å²) in [5.74, 6) is -0.0385. The summed E-state index contributed by atoms with van der Waals surface area (Å²) >= 11 is 0. The Kier molecular flexibility index (Phi) is 7.33. The summed E-state index contributed by atoms with van der Waals surface area (Å²) in [6, 6.07) is 0. The van der Waals surface area contributed by atoms with E-state index in [1.807, 2.05) is 0 Å². The van der Waals surface area contributed by atoms with E-state index in [2.05, 4.69) is 6.92 Å². The minimum atomic E-state index is -0.374. The molecule has 0 saturated heterocycles. The first-order valence-electron chi connectivity index (χ1n) is 7.62. The molecule has 0 unspecified atom stereocenters. The van der Waals surface area contributed by atoms with Gasteiger partial charge in [0.25, 0.3) is 0 Å². The summed E-state index contributed by atoms with van der Waals surface area (Å²) in [7, 11) is 0. The van der Waals surface area contributed by atoms with Gasteiger partial charge in [-0.2, -0.15) is 0 Å². The van der Waals surface area contributed by atoms with Crippen molar-refractivity contribution in [3.05, 3.63) is 0 Å². The second-order valence-corrected chi connectivity index (χ2v) is 5.60. The van der Waals surface area contributed by atoms with Gasteiger partial charge in [-0.05, 0) is 19.3 Å². The molecule has 0 amide bonds. The monoisotopic (exact) mass is 255 g/mol. The summed E-state index contributed by atoms with van der Waals surface area (Å²) in [5, 5.41) is 0. The number of ether oxygens (including phenoxy) is 1. The van der Waals surface area contributed by atoms with Crippen molar-refractivity contribution in [2.45, 2.75) is 71.1 Å². The standard InChI is InChI=1S/C15H29NO2/c1-2-3-4-9-12-18-14(17)15(13-16)10-7-5-6-8-11-15/h2-13,16H2,1H3. The molecule has 2 N–H and O–H groups in total. The molecule has 1 rings (SSSR count). The van der Waals surface area contributed by atoms with Crippen molar-refractivity contribution in [1.82, 2.24) is 0 Å². The van der Waals surface area contributed by atoms with Crippen LogP contribution in [0.3, 0.4) is 0 Å². The average Bonchev–Trinajstić information content (AvgIpc) is 2.64. The Hall–Kier alpha value is -0.570. The lowest BCUT2D eigenvalue weighted by atomic mass is 9.80. The molecule has 1 aliphatic carbocycles. The van der Waals surface area contributed by atoms with Gasteiger partial charge in [0.15, 0.2) is 0 Å². The number of rotatable bonds is 7. The second-order valence-electron chi connectivity index (χ2n) is 5.60. The summed E-state index contributed by atoms with van der Waals surface area (Å²) in [5.41, 5.74) is 5.49. The molecular formula is C15H29NO2. The van der Waals surface area contributed by atoms with Gasteiger partial charge in [-0.25, -0.2) is 0 Å². The van der Waals surface area contributed by atoms with E-state index in [1.165, 1.54) is 25.7 Å². The molecule has 3 heteroatoms. The highest BCUT2D eigenvalue weighted by atomic mass is 16.5. The zero-order valence-electron chi connectivity index (χ0n) is 11.9. The van der Waals surface area contributed by atoms with E-state index in [0.29, 0.717) is 13.2 Å². The summed E-state index contributed by atoms with van der Waals surface area (Å²) in [4.78, 5) is 12.2. The largest absolute Gasteiger partial charge is 0.465 e. The van der Waals surface area contributed by atoms with E-state index in [0.717, 1.165) is 38.5 Å². The second kappa shape index (κ2) is 8.52. The molecule has 0 atom stereocenters. The third-order valence-corrected chi connectivity index (χ3v) is 4.12. The van der Waals surface area contributed by atoms with E-state index in [1.54, 1.807) is 0 Å². The van der Waals surface area contributed by atoms with E-state index in [-0.39, 0.29) is 11.4 Å². The van der Waals surface area contributed by atoms with Gasteiger partial charge in [0.05, 0.1) is 12.0 Å². The minimum absolute atomic E-state index is 0.0385. The Morgan fingerprint density at radius 1 is 1.11 bits per heavy atom. The smallest absolute Gasteiger partial charge is 0.313 e. The zero-order chi connectivity index (χ0) is 13.3. The average molecular weight is 255 g/mol. The predicted molar refractivity (Wildman–Crippen MR) is 74.3 cm³/mol. The fraction of sp³-hybridized carbons (Fsp3) is 0.933. The summed E-state index contributed by atoms with van der Waals surface area (Å²) in [6.45, 7) is 3.20. The van der Waals surface area contributed by atoms with Crippen LogP contribution in [0.4, 0.5) is 0 Å². The normalized spacial score (nSPS) is 19.2. The predicted octanol–water partition coefficient (Wildman–Crippen LogP) is 3.41. The van der Waals surface area contributed by atoms with Crippen LogP contribution in [0.1, 0.15) is 71.1 Å².